The average molecular weight is 515 g/mol. The minimum Gasteiger partial charge on any atom is -0.339 e. The van der Waals surface area contributed by atoms with Gasteiger partial charge >= 0.3 is 0 Å². The highest BCUT2D eigenvalue weighted by atomic mass is 32.2. The SMILES string of the molecule is CSc1ccc(S(=O)(=O)NCc2nc(-c3ccc(C(C)C)cc3)no2)cc1C(=O)N1CCCCC1. The van der Waals surface area contributed by atoms with Gasteiger partial charge in [0.15, 0.2) is 0 Å². The minimum atomic E-state index is -3.90. The molecule has 1 aliphatic heterocycles. The molecule has 186 valence electrons. The molecule has 4 rings (SSSR count). The van der Waals surface area contributed by atoms with E-state index >= 15 is 0 Å². The number of carbonyl (C=O) groups excluding carboxylic acids is 1. The van der Waals surface area contributed by atoms with E-state index in [1.54, 1.807) is 11.0 Å². The van der Waals surface area contributed by atoms with E-state index in [4.69, 9.17) is 4.52 Å². The highest BCUT2D eigenvalue weighted by Crippen LogP contribution is 2.26. The monoisotopic (exact) mass is 514 g/mol. The number of hydrogen-bond donors (Lipinski definition) is 1. The molecular weight excluding hydrogens is 484 g/mol. The number of benzene rings is 2. The first-order chi connectivity index (χ1) is 16.8. The molecule has 1 saturated heterocycles. The summed E-state index contributed by atoms with van der Waals surface area (Å²) in [4.78, 5) is 20.0. The quantitative estimate of drug-likeness (QED) is 0.435. The van der Waals surface area contributed by atoms with Crippen molar-refractivity contribution in [2.45, 2.75) is 55.4 Å². The zero-order chi connectivity index (χ0) is 25.0. The molecule has 10 heteroatoms. The van der Waals surface area contributed by atoms with Crippen molar-refractivity contribution in [1.82, 2.24) is 19.8 Å². The van der Waals surface area contributed by atoms with Crippen LogP contribution < -0.4 is 4.72 Å². The molecule has 1 N–H and O–H groups in total. The molecule has 0 unspecified atom stereocenters. The third kappa shape index (κ3) is 5.94. The Labute approximate surface area is 210 Å². The lowest BCUT2D eigenvalue weighted by molar-refractivity contribution is 0.0720. The van der Waals surface area contributed by atoms with Crippen molar-refractivity contribution in [2.75, 3.05) is 19.3 Å². The summed E-state index contributed by atoms with van der Waals surface area (Å²) >= 11 is 1.42. The van der Waals surface area contributed by atoms with Crippen molar-refractivity contribution in [1.29, 1.82) is 0 Å². The zero-order valence-electron chi connectivity index (χ0n) is 20.2. The Balaban J connectivity index is 1.48. The fourth-order valence-electron chi connectivity index (χ4n) is 3.99. The van der Waals surface area contributed by atoms with Gasteiger partial charge in [0, 0.05) is 23.5 Å². The van der Waals surface area contributed by atoms with Crippen LogP contribution in [0.2, 0.25) is 0 Å². The molecule has 1 fully saturated rings. The highest BCUT2D eigenvalue weighted by molar-refractivity contribution is 7.98. The number of carbonyl (C=O) groups is 1. The smallest absolute Gasteiger partial charge is 0.255 e. The van der Waals surface area contributed by atoms with Crippen LogP contribution in [-0.4, -0.2) is 48.7 Å². The number of aromatic nitrogens is 2. The number of piperidine rings is 1. The lowest BCUT2D eigenvalue weighted by atomic mass is 10.0. The average Bonchev–Trinajstić information content (AvgIpc) is 3.36. The molecule has 2 heterocycles. The van der Waals surface area contributed by atoms with Crippen LogP contribution in [0.15, 0.2) is 56.8 Å². The van der Waals surface area contributed by atoms with Crippen LogP contribution in [-0.2, 0) is 16.6 Å². The predicted octanol–water partition coefficient (Wildman–Crippen LogP) is 4.69. The van der Waals surface area contributed by atoms with Gasteiger partial charge in [-0.25, -0.2) is 13.1 Å². The summed E-state index contributed by atoms with van der Waals surface area (Å²) in [6.07, 6.45) is 4.91. The van der Waals surface area contributed by atoms with Gasteiger partial charge in [-0.1, -0.05) is 43.3 Å². The van der Waals surface area contributed by atoms with Crippen molar-refractivity contribution in [3.05, 3.63) is 59.5 Å². The summed E-state index contributed by atoms with van der Waals surface area (Å²) in [6, 6.07) is 12.5. The fraction of sp³-hybridized carbons (Fsp3) is 0.400. The second-order valence-corrected chi connectivity index (χ2v) is 11.4. The van der Waals surface area contributed by atoms with Crippen LogP contribution in [0.1, 0.15) is 60.8 Å². The van der Waals surface area contributed by atoms with Crippen LogP contribution in [0.5, 0.6) is 0 Å². The van der Waals surface area contributed by atoms with Gasteiger partial charge in [0.05, 0.1) is 17.0 Å². The van der Waals surface area contributed by atoms with Crippen molar-refractivity contribution >= 4 is 27.7 Å². The summed E-state index contributed by atoms with van der Waals surface area (Å²) in [5.41, 5.74) is 2.41. The van der Waals surface area contributed by atoms with Gasteiger partial charge in [0.1, 0.15) is 0 Å². The summed E-state index contributed by atoms with van der Waals surface area (Å²) in [5.74, 6) is 0.839. The molecule has 0 saturated carbocycles. The van der Waals surface area contributed by atoms with Crippen molar-refractivity contribution in [2.24, 2.45) is 0 Å². The second-order valence-electron chi connectivity index (χ2n) is 8.83. The molecule has 0 bridgehead atoms. The van der Waals surface area contributed by atoms with E-state index in [2.05, 4.69) is 28.7 Å². The van der Waals surface area contributed by atoms with Crippen molar-refractivity contribution in [3.63, 3.8) is 0 Å². The lowest BCUT2D eigenvalue weighted by Gasteiger charge is -2.27. The maximum absolute atomic E-state index is 13.1. The number of sulfonamides is 1. The number of amides is 1. The van der Waals surface area contributed by atoms with Gasteiger partial charge in [-0.2, -0.15) is 4.98 Å². The third-order valence-corrected chi connectivity index (χ3v) is 8.27. The summed E-state index contributed by atoms with van der Waals surface area (Å²) in [5, 5.41) is 3.97. The van der Waals surface area contributed by atoms with E-state index in [0.29, 0.717) is 30.4 Å². The Morgan fingerprint density at radius 1 is 1.11 bits per heavy atom. The number of hydrogen-bond acceptors (Lipinski definition) is 7. The molecule has 1 aromatic heterocycles. The van der Waals surface area contributed by atoms with E-state index in [1.165, 1.54) is 29.5 Å². The highest BCUT2D eigenvalue weighted by Gasteiger charge is 2.24. The first kappa shape index (κ1) is 25.4. The van der Waals surface area contributed by atoms with Gasteiger partial charge in [-0.3, -0.25) is 4.79 Å². The number of likely N-dealkylation sites (tertiary alicyclic amines) is 1. The summed E-state index contributed by atoms with van der Waals surface area (Å²) < 4.78 is 33.8. The first-order valence-corrected chi connectivity index (χ1v) is 14.4. The summed E-state index contributed by atoms with van der Waals surface area (Å²) in [7, 11) is -3.90. The van der Waals surface area contributed by atoms with Crippen LogP contribution >= 0.6 is 11.8 Å². The van der Waals surface area contributed by atoms with Gasteiger partial charge < -0.3 is 9.42 Å². The van der Waals surface area contributed by atoms with Crippen LogP contribution in [0.25, 0.3) is 11.4 Å². The number of nitrogens with one attached hydrogen (secondary N) is 1. The fourth-order valence-corrected chi connectivity index (χ4v) is 5.56. The minimum absolute atomic E-state index is 0.0275. The van der Waals surface area contributed by atoms with E-state index in [9.17, 15) is 13.2 Å². The molecule has 1 amide bonds. The van der Waals surface area contributed by atoms with E-state index in [1.807, 2.05) is 30.5 Å². The van der Waals surface area contributed by atoms with Crippen LogP contribution in [0, 0.1) is 0 Å². The molecule has 0 aliphatic carbocycles. The van der Waals surface area contributed by atoms with Gasteiger partial charge in [-0.05, 0) is 55.2 Å². The van der Waals surface area contributed by atoms with E-state index < -0.39 is 10.0 Å². The molecule has 8 nitrogen and oxygen atoms in total. The second kappa shape index (κ2) is 10.9. The Morgan fingerprint density at radius 3 is 2.49 bits per heavy atom. The van der Waals surface area contributed by atoms with Crippen LogP contribution in [0.3, 0.4) is 0 Å². The lowest BCUT2D eigenvalue weighted by Crippen LogP contribution is -2.36. The van der Waals surface area contributed by atoms with Gasteiger partial charge in [-0.15, -0.1) is 11.8 Å². The largest absolute Gasteiger partial charge is 0.339 e. The molecule has 1 aliphatic rings. The summed E-state index contributed by atoms with van der Waals surface area (Å²) in [6.45, 7) is 5.48. The van der Waals surface area contributed by atoms with Gasteiger partial charge in [0.2, 0.25) is 21.7 Å². The molecule has 0 atom stereocenters. The predicted molar refractivity (Wildman–Crippen MR) is 136 cm³/mol. The van der Waals surface area contributed by atoms with Crippen molar-refractivity contribution < 1.29 is 17.7 Å². The van der Waals surface area contributed by atoms with Gasteiger partial charge in [0.25, 0.3) is 5.91 Å². The molecule has 2 aromatic carbocycles. The third-order valence-electron chi connectivity index (χ3n) is 6.07. The molecule has 35 heavy (non-hydrogen) atoms. The zero-order valence-corrected chi connectivity index (χ0v) is 21.8. The Kier molecular flexibility index (Phi) is 7.93. The van der Waals surface area contributed by atoms with E-state index in [0.717, 1.165) is 29.7 Å². The molecule has 3 aromatic rings. The maximum atomic E-state index is 13.1. The number of rotatable bonds is 8. The number of thioether (sulfide) groups is 1. The Morgan fingerprint density at radius 2 is 1.83 bits per heavy atom. The molecule has 0 radical (unpaired) electrons. The van der Waals surface area contributed by atoms with E-state index in [-0.39, 0.29) is 23.2 Å². The number of nitrogens with zero attached hydrogens (tertiary/aromatic N) is 3. The normalized spacial score (nSPS) is 14.5. The van der Waals surface area contributed by atoms with Crippen LogP contribution in [0.4, 0.5) is 0 Å². The Bertz CT molecular complexity index is 1280. The van der Waals surface area contributed by atoms with Crippen molar-refractivity contribution in [3.8, 4) is 11.4 Å². The Hall–Kier alpha value is -2.69. The standard InChI is InChI=1S/C25H30N4O4S2/c1-17(2)18-7-9-19(10-8-18)24-27-23(33-28-24)16-26-35(31,32)20-11-12-22(34-3)21(15-20)25(30)29-13-5-4-6-14-29/h7-12,15,17,26H,4-6,13-14,16H2,1-3H3. The first-order valence-electron chi connectivity index (χ1n) is 11.7. The topological polar surface area (TPSA) is 105 Å². The molecule has 0 spiro atoms. The maximum Gasteiger partial charge on any atom is 0.255 e. The molecular formula is C25H30N4O4S2.